The van der Waals surface area contributed by atoms with Gasteiger partial charge in [0.05, 0.1) is 6.34 Å². The van der Waals surface area contributed by atoms with Crippen LogP contribution < -0.4 is 11.1 Å². The van der Waals surface area contributed by atoms with Crippen LogP contribution in [-0.2, 0) is 5.41 Å². The number of nitrogens with two attached hydrogens (primary N) is 1. The van der Waals surface area contributed by atoms with E-state index in [0.29, 0.717) is 0 Å². The summed E-state index contributed by atoms with van der Waals surface area (Å²) in [5.74, 6) is 0.277. The van der Waals surface area contributed by atoms with Crippen molar-refractivity contribution in [2.45, 2.75) is 65.4 Å². The first-order valence-corrected chi connectivity index (χ1v) is 11.2. The molecule has 4 N–H and O–H groups in total. The van der Waals surface area contributed by atoms with Crippen molar-refractivity contribution >= 4 is 31.8 Å². The van der Waals surface area contributed by atoms with E-state index < -0.39 is 0 Å². The Kier molecular flexibility index (Phi) is 8.05. The van der Waals surface area contributed by atoms with E-state index in [1.54, 1.807) is 0 Å². The van der Waals surface area contributed by atoms with E-state index in [1.165, 1.54) is 23.0 Å². The summed E-state index contributed by atoms with van der Waals surface area (Å²) in [6, 6.07) is 8.64. The molecular formula is C25H38BN5. The topological polar surface area (TPSA) is 86.6 Å². The Balaban J connectivity index is 2.81. The standard InChI is InChI=1S/C25H38BN5/c1-7-25(23(30-16-28)31-17(2)3)13-19(12-22(29-15-27)18(4)14-26)20-10-8-9-11-21(20)24(25,5)6/h8-12,15-16,18,23,27,31H,2,7,13-14,26H2,1,3-6H3,(H2,28,30)/b19-12+,27-15?,29-22+/t18?,23?,25-/m0/s1. The molecule has 5 nitrogen and oxygen atoms in total. The summed E-state index contributed by atoms with van der Waals surface area (Å²) in [5.41, 5.74) is 11.0. The first-order valence-electron chi connectivity index (χ1n) is 11.2. The Morgan fingerprint density at radius 2 is 2.06 bits per heavy atom. The average molecular weight is 419 g/mol. The normalized spacial score (nSPS) is 23.9. The lowest BCUT2D eigenvalue weighted by atomic mass is 9.52. The van der Waals surface area contributed by atoms with Crippen molar-refractivity contribution in [3.05, 3.63) is 53.7 Å². The van der Waals surface area contributed by atoms with Gasteiger partial charge in [-0.3, -0.25) is 10.4 Å². The second-order valence-corrected chi connectivity index (χ2v) is 9.14. The number of benzene rings is 1. The van der Waals surface area contributed by atoms with Gasteiger partial charge < -0.3 is 11.1 Å². The maximum Gasteiger partial charge on any atom is 0.126 e. The summed E-state index contributed by atoms with van der Waals surface area (Å²) >= 11 is 0. The Hall–Kier alpha value is -2.63. The molecular weight excluding hydrogens is 381 g/mol. The molecule has 3 atom stereocenters. The molecule has 0 saturated carbocycles. The van der Waals surface area contributed by atoms with E-state index in [2.05, 4.69) is 87.8 Å². The fourth-order valence-electron chi connectivity index (χ4n) is 4.97. The van der Waals surface area contributed by atoms with Crippen molar-refractivity contribution in [3.8, 4) is 0 Å². The number of nitrogens with zero attached hydrogens (tertiary/aromatic N) is 2. The predicted molar refractivity (Wildman–Crippen MR) is 138 cm³/mol. The molecule has 1 aromatic carbocycles. The quantitative estimate of drug-likeness (QED) is 0.316. The summed E-state index contributed by atoms with van der Waals surface area (Å²) in [6.07, 6.45) is 7.24. The third-order valence-corrected chi connectivity index (χ3v) is 7.12. The first kappa shape index (κ1) is 24.6. The molecule has 166 valence electrons. The van der Waals surface area contributed by atoms with Gasteiger partial charge in [-0.05, 0) is 48.5 Å². The molecule has 1 aromatic rings. The highest BCUT2D eigenvalue weighted by Crippen LogP contribution is 2.57. The largest absolute Gasteiger partial charge is 0.390 e. The number of fused-ring (bicyclic) bond motifs is 1. The number of hydrogen-bond donors (Lipinski definition) is 3. The molecule has 0 bridgehead atoms. The molecule has 1 aliphatic rings. The Morgan fingerprint density at radius 3 is 2.61 bits per heavy atom. The predicted octanol–water partition coefficient (Wildman–Crippen LogP) is 4.32. The molecule has 2 unspecified atom stereocenters. The number of allylic oxidation sites excluding steroid dienone is 3. The fourth-order valence-corrected chi connectivity index (χ4v) is 4.97. The minimum Gasteiger partial charge on any atom is -0.390 e. The van der Waals surface area contributed by atoms with Crippen molar-refractivity contribution in [2.75, 3.05) is 0 Å². The van der Waals surface area contributed by atoms with E-state index in [9.17, 15) is 0 Å². The van der Waals surface area contributed by atoms with Crippen LogP contribution in [0.4, 0.5) is 0 Å². The summed E-state index contributed by atoms with van der Waals surface area (Å²) in [4.78, 5) is 9.09. The van der Waals surface area contributed by atoms with Gasteiger partial charge in [-0.15, -0.1) is 0 Å². The maximum atomic E-state index is 7.55. The summed E-state index contributed by atoms with van der Waals surface area (Å²) in [7, 11) is 2.15. The third kappa shape index (κ3) is 4.68. The van der Waals surface area contributed by atoms with Gasteiger partial charge in [-0.25, -0.2) is 4.99 Å². The number of nitrogens with one attached hydrogen (secondary N) is 2. The van der Waals surface area contributed by atoms with Gasteiger partial charge in [0, 0.05) is 22.2 Å². The second kappa shape index (κ2) is 10.1. The average Bonchev–Trinajstić information content (AvgIpc) is 2.74. The second-order valence-electron chi connectivity index (χ2n) is 9.14. The van der Waals surface area contributed by atoms with Crippen LogP contribution in [-0.4, -0.2) is 32.4 Å². The first-order chi connectivity index (χ1) is 14.7. The van der Waals surface area contributed by atoms with Gasteiger partial charge >= 0.3 is 0 Å². The van der Waals surface area contributed by atoms with Crippen LogP contribution in [0.15, 0.2) is 52.6 Å². The van der Waals surface area contributed by atoms with Gasteiger partial charge in [0.15, 0.2) is 0 Å². The zero-order valence-electron chi connectivity index (χ0n) is 20.0. The van der Waals surface area contributed by atoms with Crippen LogP contribution in [0.25, 0.3) is 5.57 Å². The molecule has 0 spiro atoms. The third-order valence-electron chi connectivity index (χ3n) is 7.12. The van der Waals surface area contributed by atoms with Crippen LogP contribution >= 0.6 is 0 Å². The Labute approximate surface area is 188 Å². The number of aliphatic imine (C=N–C) groups is 2. The van der Waals surface area contributed by atoms with Crippen LogP contribution in [0.2, 0.25) is 6.32 Å². The highest BCUT2D eigenvalue weighted by Gasteiger charge is 2.54. The highest BCUT2D eigenvalue weighted by atomic mass is 15.1. The number of hydrogen-bond acceptors (Lipinski definition) is 3. The highest BCUT2D eigenvalue weighted by molar-refractivity contribution is 6.14. The van der Waals surface area contributed by atoms with E-state index >= 15 is 0 Å². The van der Waals surface area contributed by atoms with E-state index in [4.69, 9.17) is 11.1 Å². The van der Waals surface area contributed by atoms with Crippen molar-refractivity contribution in [1.82, 2.24) is 5.32 Å². The number of rotatable bonds is 9. The van der Waals surface area contributed by atoms with Crippen LogP contribution in [0.1, 0.15) is 58.6 Å². The van der Waals surface area contributed by atoms with E-state index in [-0.39, 0.29) is 22.9 Å². The summed E-state index contributed by atoms with van der Waals surface area (Å²) < 4.78 is 0. The van der Waals surface area contributed by atoms with Gasteiger partial charge in [0.25, 0.3) is 0 Å². The van der Waals surface area contributed by atoms with Crippen LogP contribution in [0.5, 0.6) is 0 Å². The molecule has 2 rings (SSSR count). The van der Waals surface area contributed by atoms with Crippen LogP contribution in [0, 0.1) is 16.7 Å². The zero-order valence-corrected chi connectivity index (χ0v) is 20.0. The molecule has 6 heteroatoms. The molecule has 0 amide bonds. The fraction of sp³-hybridized carbons (Fsp3) is 0.480. The van der Waals surface area contributed by atoms with Crippen LogP contribution in [0.3, 0.4) is 0 Å². The monoisotopic (exact) mass is 419 g/mol. The minimum atomic E-state index is -0.229. The summed E-state index contributed by atoms with van der Waals surface area (Å²) in [6.45, 7) is 15.0. The SMILES string of the molecule is BCC(C)C(/C=C1\C[C@@](CC)(C(/N=C/N)NC(=C)C)C(C)(C)c2ccccc21)=N/C=N. The van der Waals surface area contributed by atoms with Crippen molar-refractivity contribution in [1.29, 1.82) is 5.41 Å². The Morgan fingerprint density at radius 1 is 1.39 bits per heavy atom. The molecule has 0 heterocycles. The molecule has 0 aliphatic heterocycles. The maximum absolute atomic E-state index is 7.55. The molecule has 0 saturated heterocycles. The minimum absolute atomic E-state index is 0.162. The summed E-state index contributed by atoms with van der Waals surface area (Å²) in [5, 5.41) is 11.0. The zero-order chi connectivity index (χ0) is 23.2. The Bertz CT molecular complexity index is 899. The van der Waals surface area contributed by atoms with Crippen molar-refractivity contribution in [2.24, 2.45) is 27.1 Å². The lowest BCUT2D eigenvalue weighted by molar-refractivity contribution is 0.0860. The molecule has 0 aromatic heterocycles. The van der Waals surface area contributed by atoms with Crippen molar-refractivity contribution in [3.63, 3.8) is 0 Å². The van der Waals surface area contributed by atoms with Gasteiger partial charge in [0.1, 0.15) is 20.4 Å². The van der Waals surface area contributed by atoms with Gasteiger partial charge in [-0.2, -0.15) is 0 Å². The molecule has 0 fully saturated rings. The smallest absolute Gasteiger partial charge is 0.126 e. The molecule has 0 radical (unpaired) electrons. The lowest BCUT2D eigenvalue weighted by Crippen LogP contribution is -2.56. The molecule has 31 heavy (non-hydrogen) atoms. The molecule has 1 aliphatic carbocycles. The van der Waals surface area contributed by atoms with Gasteiger partial charge in [0.2, 0.25) is 0 Å². The lowest BCUT2D eigenvalue weighted by Gasteiger charge is -2.54. The van der Waals surface area contributed by atoms with E-state index in [1.807, 2.05) is 6.92 Å². The van der Waals surface area contributed by atoms with E-state index in [0.717, 1.165) is 36.9 Å². The van der Waals surface area contributed by atoms with Crippen molar-refractivity contribution < 1.29 is 0 Å². The van der Waals surface area contributed by atoms with Gasteiger partial charge in [-0.1, -0.05) is 64.9 Å².